The van der Waals surface area contributed by atoms with Crippen LogP contribution in [0, 0.1) is 0 Å². The number of allylic oxidation sites excluding steroid dienone is 1. The van der Waals surface area contributed by atoms with Gasteiger partial charge in [-0.25, -0.2) is 14.8 Å². The molecule has 0 aromatic carbocycles. The van der Waals surface area contributed by atoms with Crippen LogP contribution in [-0.2, 0) is 9.57 Å². The SMILES string of the molecule is CON1C=C(N2CC3(CCN(c4ccc(OC5CCN(C(C)C)CC5)nc4)CC3)OC2=O)C=NC1. The summed E-state index contributed by atoms with van der Waals surface area (Å²) in [5, 5.41) is 1.59. The van der Waals surface area contributed by atoms with Crippen LogP contribution in [0.25, 0.3) is 0 Å². The first-order valence-electron chi connectivity index (χ1n) is 12.6. The summed E-state index contributed by atoms with van der Waals surface area (Å²) in [4.78, 5) is 33.2. The number of piperidine rings is 2. The fourth-order valence-electron chi connectivity index (χ4n) is 5.25. The van der Waals surface area contributed by atoms with Crippen LogP contribution in [0.4, 0.5) is 10.5 Å². The molecule has 0 N–H and O–H groups in total. The second kappa shape index (κ2) is 10.0. The van der Waals surface area contributed by atoms with Crippen molar-refractivity contribution in [2.24, 2.45) is 4.99 Å². The summed E-state index contributed by atoms with van der Waals surface area (Å²) in [6, 6.07) is 4.65. The lowest BCUT2D eigenvalue weighted by Gasteiger charge is -2.38. The van der Waals surface area contributed by atoms with Crippen LogP contribution in [0.1, 0.15) is 39.5 Å². The molecule has 0 unspecified atom stereocenters. The molecule has 190 valence electrons. The summed E-state index contributed by atoms with van der Waals surface area (Å²) < 4.78 is 12.0. The zero-order chi connectivity index (χ0) is 24.4. The number of likely N-dealkylation sites (tertiary alicyclic amines) is 1. The molecule has 10 heteroatoms. The molecule has 0 radical (unpaired) electrons. The van der Waals surface area contributed by atoms with Gasteiger partial charge in [0.1, 0.15) is 18.4 Å². The lowest BCUT2D eigenvalue weighted by Crippen LogP contribution is -2.47. The van der Waals surface area contributed by atoms with E-state index in [4.69, 9.17) is 14.3 Å². The highest BCUT2D eigenvalue weighted by molar-refractivity contribution is 5.86. The van der Waals surface area contributed by atoms with Gasteiger partial charge in [-0.05, 0) is 32.8 Å². The molecular formula is C25H36N6O4. The lowest BCUT2D eigenvalue weighted by molar-refractivity contribution is -0.0874. The Balaban J connectivity index is 1.13. The van der Waals surface area contributed by atoms with Crippen molar-refractivity contribution >= 4 is 18.0 Å². The van der Waals surface area contributed by atoms with E-state index in [-0.39, 0.29) is 12.2 Å². The van der Waals surface area contributed by atoms with Crippen LogP contribution in [0.5, 0.6) is 5.88 Å². The van der Waals surface area contributed by atoms with E-state index < -0.39 is 5.60 Å². The average Bonchev–Trinajstić information content (AvgIpc) is 3.20. The number of hydroxylamine groups is 2. The lowest BCUT2D eigenvalue weighted by atomic mass is 9.91. The van der Waals surface area contributed by atoms with Gasteiger partial charge in [0.05, 0.1) is 37.4 Å². The molecule has 1 aromatic rings. The fourth-order valence-corrected chi connectivity index (χ4v) is 5.25. The Kier molecular flexibility index (Phi) is 6.84. The van der Waals surface area contributed by atoms with Crippen LogP contribution in [0.15, 0.2) is 35.2 Å². The van der Waals surface area contributed by atoms with Crippen molar-refractivity contribution in [2.75, 3.05) is 51.4 Å². The van der Waals surface area contributed by atoms with Crippen molar-refractivity contribution in [2.45, 2.75) is 57.3 Å². The van der Waals surface area contributed by atoms with Crippen LogP contribution in [-0.4, -0.2) is 96.4 Å². The molecule has 1 spiro atoms. The predicted molar refractivity (Wildman–Crippen MR) is 132 cm³/mol. The average molecular weight is 485 g/mol. The third-order valence-corrected chi connectivity index (χ3v) is 7.49. The molecule has 0 saturated carbocycles. The van der Waals surface area contributed by atoms with E-state index in [0.717, 1.165) is 57.5 Å². The molecule has 4 aliphatic rings. The molecule has 0 bridgehead atoms. The van der Waals surface area contributed by atoms with Gasteiger partial charge in [-0.2, -0.15) is 0 Å². The molecule has 35 heavy (non-hydrogen) atoms. The number of nitrogens with zero attached hydrogens (tertiary/aromatic N) is 6. The van der Waals surface area contributed by atoms with E-state index >= 15 is 0 Å². The highest BCUT2D eigenvalue weighted by Crippen LogP contribution is 2.36. The molecule has 4 aliphatic heterocycles. The minimum absolute atomic E-state index is 0.235. The molecule has 5 heterocycles. The molecule has 10 nitrogen and oxygen atoms in total. The fraction of sp³-hybridized carbons (Fsp3) is 0.640. The van der Waals surface area contributed by atoms with Gasteiger partial charge in [-0.1, -0.05) is 0 Å². The van der Waals surface area contributed by atoms with Crippen LogP contribution in [0.2, 0.25) is 0 Å². The number of carbonyl (C=O) groups is 1. The molecule has 3 fully saturated rings. The minimum atomic E-state index is -0.473. The molecular weight excluding hydrogens is 448 g/mol. The predicted octanol–water partition coefficient (Wildman–Crippen LogP) is 2.87. The van der Waals surface area contributed by atoms with Crippen molar-refractivity contribution in [3.63, 3.8) is 0 Å². The Labute approximate surface area is 207 Å². The quantitative estimate of drug-likeness (QED) is 0.610. The monoisotopic (exact) mass is 484 g/mol. The van der Waals surface area contributed by atoms with E-state index in [1.807, 2.05) is 12.3 Å². The number of amides is 1. The maximum atomic E-state index is 12.6. The summed E-state index contributed by atoms with van der Waals surface area (Å²) in [7, 11) is 1.58. The molecule has 0 atom stereocenters. The Morgan fingerprint density at radius 2 is 1.91 bits per heavy atom. The standard InChI is InChI=1S/C25H36N6O4/c1-19(2)28-10-6-22(7-11-28)34-23-5-4-20(15-27-23)29-12-8-25(9-13-29)17-31(24(32)35-25)21-14-26-18-30(16-21)33-3/h4-5,14-16,19,22H,6-13,17-18H2,1-3H3. The molecule has 3 saturated heterocycles. The number of hydrogen-bond acceptors (Lipinski definition) is 9. The van der Waals surface area contributed by atoms with Gasteiger partial charge >= 0.3 is 6.09 Å². The highest BCUT2D eigenvalue weighted by atomic mass is 16.7. The Hall–Kier alpha value is -2.85. The summed E-state index contributed by atoms with van der Waals surface area (Å²) in [6.45, 7) is 9.18. The van der Waals surface area contributed by atoms with Crippen molar-refractivity contribution < 1.29 is 19.1 Å². The maximum absolute atomic E-state index is 12.6. The van der Waals surface area contributed by atoms with Gasteiger partial charge in [0.15, 0.2) is 0 Å². The number of ether oxygens (including phenoxy) is 2. The zero-order valence-electron chi connectivity index (χ0n) is 20.9. The summed E-state index contributed by atoms with van der Waals surface area (Å²) in [6.07, 6.45) is 8.90. The Morgan fingerprint density at radius 3 is 2.57 bits per heavy atom. The number of aromatic nitrogens is 1. The van der Waals surface area contributed by atoms with E-state index in [1.54, 1.807) is 29.5 Å². The second-order valence-electron chi connectivity index (χ2n) is 10.0. The number of aliphatic imine (C=N–C) groups is 1. The van der Waals surface area contributed by atoms with Gasteiger partial charge in [-0.3, -0.25) is 14.7 Å². The van der Waals surface area contributed by atoms with Gasteiger partial charge in [-0.15, -0.1) is 0 Å². The first kappa shape index (κ1) is 23.9. The second-order valence-corrected chi connectivity index (χ2v) is 10.0. The summed E-state index contributed by atoms with van der Waals surface area (Å²) in [5.41, 5.74) is 1.29. The molecule has 1 amide bonds. The molecule has 5 rings (SSSR count). The first-order chi connectivity index (χ1) is 16.9. The van der Waals surface area contributed by atoms with Crippen LogP contribution in [0.3, 0.4) is 0 Å². The Bertz CT molecular complexity index is 949. The highest BCUT2D eigenvalue weighted by Gasteiger charge is 2.48. The van der Waals surface area contributed by atoms with Gasteiger partial charge in [0.25, 0.3) is 0 Å². The third kappa shape index (κ3) is 5.23. The van der Waals surface area contributed by atoms with Gasteiger partial charge in [0, 0.05) is 57.3 Å². The third-order valence-electron chi connectivity index (χ3n) is 7.49. The smallest absolute Gasteiger partial charge is 0.415 e. The van der Waals surface area contributed by atoms with Crippen molar-refractivity contribution in [1.29, 1.82) is 0 Å². The maximum Gasteiger partial charge on any atom is 0.415 e. The minimum Gasteiger partial charge on any atom is -0.474 e. The normalized spacial score (nSPS) is 23.3. The van der Waals surface area contributed by atoms with E-state index in [1.165, 1.54) is 0 Å². The number of pyridine rings is 1. The van der Waals surface area contributed by atoms with E-state index in [2.05, 4.69) is 39.7 Å². The van der Waals surface area contributed by atoms with E-state index in [0.29, 0.717) is 30.8 Å². The topological polar surface area (TPSA) is 83.0 Å². The Morgan fingerprint density at radius 1 is 1.14 bits per heavy atom. The first-order valence-corrected chi connectivity index (χ1v) is 12.6. The number of rotatable bonds is 6. The summed E-state index contributed by atoms with van der Waals surface area (Å²) >= 11 is 0. The van der Waals surface area contributed by atoms with Crippen molar-refractivity contribution in [1.82, 2.24) is 19.8 Å². The van der Waals surface area contributed by atoms with E-state index in [9.17, 15) is 4.79 Å². The van der Waals surface area contributed by atoms with Gasteiger partial charge < -0.3 is 19.3 Å². The van der Waals surface area contributed by atoms with Crippen LogP contribution < -0.4 is 9.64 Å². The number of hydrogen-bond donors (Lipinski definition) is 0. The van der Waals surface area contributed by atoms with Gasteiger partial charge in [0.2, 0.25) is 5.88 Å². The van der Waals surface area contributed by atoms with Crippen molar-refractivity contribution in [3.8, 4) is 5.88 Å². The molecule has 1 aromatic heterocycles. The largest absolute Gasteiger partial charge is 0.474 e. The zero-order valence-corrected chi connectivity index (χ0v) is 20.9. The molecule has 0 aliphatic carbocycles. The van der Waals surface area contributed by atoms with Crippen molar-refractivity contribution in [3.05, 3.63) is 30.2 Å². The number of carbonyl (C=O) groups excluding carboxylic acids is 1. The van der Waals surface area contributed by atoms with Crippen LogP contribution >= 0.6 is 0 Å². The summed E-state index contributed by atoms with van der Waals surface area (Å²) in [5.74, 6) is 0.693. The number of anilines is 1.